The van der Waals surface area contributed by atoms with Crippen LogP contribution in [-0.4, -0.2) is 26.7 Å². The maximum atomic E-state index is 12.2. The van der Waals surface area contributed by atoms with Crippen molar-refractivity contribution >= 4 is 17.5 Å². The molecule has 1 aliphatic heterocycles. The molecule has 2 aromatic rings. The van der Waals surface area contributed by atoms with Crippen LogP contribution >= 0.6 is 0 Å². The molecule has 0 atom stereocenters. The Kier molecular flexibility index (Phi) is 3.83. The summed E-state index contributed by atoms with van der Waals surface area (Å²) in [5.41, 5.74) is 2.64. The number of rotatable bonds is 4. The molecule has 0 aromatic heterocycles. The molecule has 4 nitrogen and oxygen atoms in total. The van der Waals surface area contributed by atoms with E-state index in [2.05, 4.69) is 0 Å². The third kappa shape index (κ3) is 2.96. The van der Waals surface area contributed by atoms with Gasteiger partial charge in [0, 0.05) is 25.3 Å². The lowest BCUT2D eigenvalue weighted by Crippen LogP contribution is -2.08. The number of carbonyl (C=O) groups excluding carboxylic acids is 1. The van der Waals surface area contributed by atoms with Crippen molar-refractivity contribution in [3.63, 3.8) is 0 Å². The molecule has 0 fully saturated rings. The summed E-state index contributed by atoms with van der Waals surface area (Å²) in [7, 11) is 3.94. The first kappa shape index (κ1) is 14.2. The number of anilines is 1. The fourth-order valence-electron chi connectivity index (χ4n) is 2.21. The Morgan fingerprint density at radius 3 is 2.50 bits per heavy atom. The predicted octanol–water partition coefficient (Wildman–Crippen LogP) is 3.38. The highest BCUT2D eigenvalue weighted by molar-refractivity contribution is 6.07. The smallest absolute Gasteiger partial charge is 0.231 e. The van der Waals surface area contributed by atoms with Gasteiger partial charge in [0.15, 0.2) is 17.3 Å². The van der Waals surface area contributed by atoms with E-state index < -0.39 is 0 Å². The zero-order valence-corrected chi connectivity index (χ0v) is 12.6. The van der Waals surface area contributed by atoms with Gasteiger partial charge < -0.3 is 14.4 Å². The van der Waals surface area contributed by atoms with Gasteiger partial charge in [-0.25, -0.2) is 0 Å². The van der Waals surface area contributed by atoms with Gasteiger partial charge in [-0.1, -0.05) is 12.1 Å². The lowest BCUT2D eigenvalue weighted by molar-refractivity contribution is 0.104. The van der Waals surface area contributed by atoms with Crippen LogP contribution in [0.15, 0.2) is 48.5 Å². The van der Waals surface area contributed by atoms with Crippen molar-refractivity contribution in [1.29, 1.82) is 0 Å². The van der Waals surface area contributed by atoms with Crippen molar-refractivity contribution in [1.82, 2.24) is 0 Å². The molecule has 0 spiro atoms. The summed E-state index contributed by atoms with van der Waals surface area (Å²) < 4.78 is 10.6. The van der Waals surface area contributed by atoms with Crippen LogP contribution in [0.25, 0.3) is 6.08 Å². The van der Waals surface area contributed by atoms with E-state index in [1.165, 1.54) is 0 Å². The van der Waals surface area contributed by atoms with E-state index in [4.69, 9.17) is 9.47 Å². The topological polar surface area (TPSA) is 38.8 Å². The van der Waals surface area contributed by atoms with Gasteiger partial charge in [-0.15, -0.1) is 0 Å². The minimum Gasteiger partial charge on any atom is -0.454 e. The van der Waals surface area contributed by atoms with E-state index in [9.17, 15) is 4.79 Å². The Balaban J connectivity index is 1.73. The second kappa shape index (κ2) is 5.93. The largest absolute Gasteiger partial charge is 0.454 e. The first-order valence-electron chi connectivity index (χ1n) is 7.03. The minimum atomic E-state index is -0.0250. The molecular formula is C18H17NO3. The van der Waals surface area contributed by atoms with E-state index in [1.807, 2.05) is 61.5 Å². The van der Waals surface area contributed by atoms with Gasteiger partial charge in [0.2, 0.25) is 6.79 Å². The summed E-state index contributed by atoms with van der Waals surface area (Å²) in [6.07, 6.45) is 3.35. The molecule has 22 heavy (non-hydrogen) atoms. The highest BCUT2D eigenvalue weighted by atomic mass is 16.7. The maximum Gasteiger partial charge on any atom is 0.231 e. The third-order valence-corrected chi connectivity index (χ3v) is 3.49. The molecule has 0 N–H and O–H groups in total. The number of ether oxygens (including phenoxy) is 2. The van der Waals surface area contributed by atoms with E-state index in [0.29, 0.717) is 11.3 Å². The van der Waals surface area contributed by atoms with Crippen molar-refractivity contribution in [2.45, 2.75) is 0 Å². The van der Waals surface area contributed by atoms with Gasteiger partial charge in [-0.3, -0.25) is 4.79 Å². The average Bonchev–Trinajstić information content (AvgIpc) is 3.00. The molecule has 0 aliphatic carbocycles. The van der Waals surface area contributed by atoms with E-state index in [0.717, 1.165) is 17.0 Å². The van der Waals surface area contributed by atoms with Gasteiger partial charge >= 0.3 is 0 Å². The van der Waals surface area contributed by atoms with Crippen LogP contribution in [0, 0.1) is 0 Å². The number of benzene rings is 2. The fourth-order valence-corrected chi connectivity index (χ4v) is 2.21. The molecule has 4 heteroatoms. The van der Waals surface area contributed by atoms with Crippen molar-refractivity contribution < 1.29 is 14.3 Å². The zero-order chi connectivity index (χ0) is 15.5. The standard InChI is InChI=1S/C18H17NO3/c1-19(2)15-7-5-14(6-8-15)16(20)9-3-13-4-10-17-18(11-13)22-12-21-17/h3-11H,12H2,1-2H3. The quantitative estimate of drug-likeness (QED) is 0.640. The molecule has 0 unspecified atom stereocenters. The Morgan fingerprint density at radius 2 is 1.77 bits per heavy atom. The SMILES string of the molecule is CN(C)c1ccc(C(=O)C=Cc2ccc3c(c2)OCO3)cc1. The van der Waals surface area contributed by atoms with Crippen molar-refractivity contribution in [2.75, 3.05) is 25.8 Å². The van der Waals surface area contributed by atoms with Crippen LogP contribution in [0.1, 0.15) is 15.9 Å². The highest BCUT2D eigenvalue weighted by Gasteiger charge is 2.12. The molecule has 112 valence electrons. The molecule has 3 rings (SSSR count). The molecule has 1 aliphatic rings. The lowest BCUT2D eigenvalue weighted by Gasteiger charge is -2.11. The summed E-state index contributed by atoms with van der Waals surface area (Å²) >= 11 is 0. The zero-order valence-electron chi connectivity index (χ0n) is 12.6. The Hall–Kier alpha value is -2.75. The second-order valence-electron chi connectivity index (χ2n) is 5.25. The van der Waals surface area contributed by atoms with Gasteiger partial charge in [0.25, 0.3) is 0 Å². The predicted molar refractivity (Wildman–Crippen MR) is 86.7 cm³/mol. The van der Waals surface area contributed by atoms with Crippen LogP contribution < -0.4 is 14.4 Å². The normalized spacial score (nSPS) is 12.6. The number of hydrogen-bond acceptors (Lipinski definition) is 4. The van der Waals surface area contributed by atoms with Crippen molar-refractivity contribution in [3.8, 4) is 11.5 Å². The lowest BCUT2D eigenvalue weighted by atomic mass is 10.1. The summed E-state index contributed by atoms with van der Waals surface area (Å²) in [5, 5.41) is 0. The molecule has 0 amide bonds. The fraction of sp³-hybridized carbons (Fsp3) is 0.167. The van der Waals surface area contributed by atoms with E-state index in [1.54, 1.807) is 12.2 Å². The number of carbonyl (C=O) groups is 1. The number of hydrogen-bond donors (Lipinski definition) is 0. The monoisotopic (exact) mass is 295 g/mol. The summed E-state index contributed by atoms with van der Waals surface area (Å²) in [4.78, 5) is 14.2. The molecule has 1 heterocycles. The minimum absolute atomic E-state index is 0.0250. The van der Waals surface area contributed by atoms with Crippen LogP contribution in [0.3, 0.4) is 0 Å². The van der Waals surface area contributed by atoms with Crippen LogP contribution in [0.5, 0.6) is 11.5 Å². The summed E-state index contributed by atoms with van der Waals surface area (Å²) in [6.45, 7) is 0.250. The molecule has 0 bridgehead atoms. The number of nitrogens with zero attached hydrogens (tertiary/aromatic N) is 1. The first-order valence-corrected chi connectivity index (χ1v) is 7.03. The Bertz CT molecular complexity index is 718. The van der Waals surface area contributed by atoms with Gasteiger partial charge in [-0.05, 0) is 48.0 Å². The number of ketones is 1. The molecule has 0 saturated heterocycles. The highest BCUT2D eigenvalue weighted by Crippen LogP contribution is 2.32. The van der Waals surface area contributed by atoms with Gasteiger partial charge in [-0.2, -0.15) is 0 Å². The molecule has 0 radical (unpaired) electrons. The number of allylic oxidation sites excluding steroid dienone is 1. The summed E-state index contributed by atoms with van der Waals surface area (Å²) in [6, 6.07) is 13.1. The molecule has 0 saturated carbocycles. The van der Waals surface area contributed by atoms with E-state index in [-0.39, 0.29) is 12.6 Å². The second-order valence-corrected chi connectivity index (χ2v) is 5.25. The van der Waals surface area contributed by atoms with Gasteiger partial charge in [0.05, 0.1) is 0 Å². The molecule has 2 aromatic carbocycles. The average molecular weight is 295 g/mol. The Morgan fingerprint density at radius 1 is 1.05 bits per heavy atom. The van der Waals surface area contributed by atoms with Gasteiger partial charge in [0.1, 0.15) is 0 Å². The molecular weight excluding hydrogens is 278 g/mol. The van der Waals surface area contributed by atoms with Crippen LogP contribution in [0.2, 0.25) is 0 Å². The van der Waals surface area contributed by atoms with Crippen molar-refractivity contribution in [2.24, 2.45) is 0 Å². The van der Waals surface area contributed by atoms with E-state index >= 15 is 0 Å². The Labute approximate surface area is 129 Å². The number of fused-ring (bicyclic) bond motifs is 1. The van der Waals surface area contributed by atoms with Crippen molar-refractivity contribution in [3.05, 3.63) is 59.7 Å². The maximum absolute atomic E-state index is 12.2. The van der Waals surface area contributed by atoms with Crippen LogP contribution in [0.4, 0.5) is 5.69 Å². The third-order valence-electron chi connectivity index (χ3n) is 3.49. The summed E-state index contributed by atoms with van der Waals surface area (Å²) in [5.74, 6) is 1.43. The van der Waals surface area contributed by atoms with Crippen LogP contribution in [-0.2, 0) is 0 Å². The first-order chi connectivity index (χ1) is 10.6.